The molecule has 0 N–H and O–H groups in total. The quantitative estimate of drug-likeness (QED) is 0.629. The second kappa shape index (κ2) is 6.83. The highest BCUT2D eigenvalue weighted by Crippen LogP contribution is 2.29. The fourth-order valence-corrected chi connectivity index (χ4v) is 3.29. The average molecular weight is 402 g/mol. The maximum absolute atomic E-state index is 12.7. The van der Waals surface area contributed by atoms with Crippen molar-refractivity contribution >= 4 is 38.3 Å². The van der Waals surface area contributed by atoms with Crippen LogP contribution in [0.25, 0.3) is 10.6 Å². The third kappa shape index (κ3) is 3.39. The molecular weight excluding hydrogens is 386 g/mol. The molecule has 0 aliphatic rings. The Morgan fingerprint density at radius 3 is 2.42 bits per heavy atom. The van der Waals surface area contributed by atoms with E-state index >= 15 is 0 Å². The summed E-state index contributed by atoms with van der Waals surface area (Å²) in [5.74, 6) is -0.0865. The van der Waals surface area contributed by atoms with Crippen molar-refractivity contribution in [1.82, 2.24) is 10.2 Å². The molecule has 0 spiro atoms. The number of amides is 1. The highest BCUT2D eigenvalue weighted by atomic mass is 79.9. The maximum atomic E-state index is 12.7. The number of anilines is 1. The van der Waals surface area contributed by atoms with Gasteiger partial charge in [-0.05, 0) is 49.2 Å². The smallest absolute Gasteiger partial charge is 0.259 e. The molecule has 0 atom stereocenters. The van der Waals surface area contributed by atoms with Gasteiger partial charge >= 0.3 is 0 Å². The highest BCUT2D eigenvalue weighted by molar-refractivity contribution is 9.10. The minimum Gasteiger partial charge on any atom is -0.286 e. The maximum Gasteiger partial charge on any atom is 0.259 e. The summed E-state index contributed by atoms with van der Waals surface area (Å²) in [6.07, 6.45) is 0. The van der Waals surface area contributed by atoms with Gasteiger partial charge in [0.25, 0.3) is 5.91 Å². The number of nitrogens with zero attached hydrogens (tertiary/aromatic N) is 3. The summed E-state index contributed by atoms with van der Waals surface area (Å²) >= 11 is 4.81. The molecule has 3 rings (SSSR count). The van der Waals surface area contributed by atoms with Gasteiger partial charge in [-0.15, -0.1) is 10.2 Å². The lowest BCUT2D eigenvalue weighted by Crippen LogP contribution is -2.26. The molecule has 0 aliphatic carbocycles. The monoisotopic (exact) mass is 401 g/mol. The summed E-state index contributed by atoms with van der Waals surface area (Å²) in [4.78, 5) is 14.2. The Balaban J connectivity index is 1.84. The van der Waals surface area contributed by atoms with Crippen LogP contribution in [0.3, 0.4) is 0 Å². The molecule has 1 aromatic heterocycles. The molecule has 24 heavy (non-hydrogen) atoms. The summed E-state index contributed by atoms with van der Waals surface area (Å²) in [5.41, 5.74) is 3.90. The molecule has 1 heterocycles. The van der Waals surface area contributed by atoms with Crippen molar-refractivity contribution in [3.63, 3.8) is 0 Å². The largest absolute Gasteiger partial charge is 0.286 e. The standard InChI is InChI=1S/C18H16BrN3OS/c1-11-4-5-14(10-12(11)2)17(23)22(3)18-21-20-16(24-18)13-6-8-15(19)9-7-13/h4-10H,1-3H3. The van der Waals surface area contributed by atoms with Gasteiger partial charge in [0.2, 0.25) is 5.13 Å². The van der Waals surface area contributed by atoms with Crippen molar-refractivity contribution < 1.29 is 4.79 Å². The van der Waals surface area contributed by atoms with Crippen molar-refractivity contribution in [2.24, 2.45) is 0 Å². The van der Waals surface area contributed by atoms with Crippen LogP contribution in [-0.4, -0.2) is 23.2 Å². The topological polar surface area (TPSA) is 46.1 Å². The van der Waals surface area contributed by atoms with E-state index in [2.05, 4.69) is 26.1 Å². The molecular formula is C18H16BrN3OS. The predicted molar refractivity (Wildman–Crippen MR) is 102 cm³/mol. The molecule has 1 amide bonds. The van der Waals surface area contributed by atoms with Crippen LogP contribution in [-0.2, 0) is 0 Å². The average Bonchev–Trinajstić information content (AvgIpc) is 3.06. The third-order valence-corrected chi connectivity index (χ3v) is 5.43. The summed E-state index contributed by atoms with van der Waals surface area (Å²) in [6, 6.07) is 13.6. The lowest BCUT2D eigenvalue weighted by atomic mass is 10.1. The number of carbonyl (C=O) groups is 1. The SMILES string of the molecule is Cc1ccc(C(=O)N(C)c2nnc(-c3ccc(Br)cc3)s2)cc1C. The van der Waals surface area contributed by atoms with Crippen LogP contribution in [0.15, 0.2) is 46.9 Å². The highest BCUT2D eigenvalue weighted by Gasteiger charge is 2.18. The normalized spacial score (nSPS) is 10.7. The minimum absolute atomic E-state index is 0.0865. The van der Waals surface area contributed by atoms with Crippen LogP contribution in [0.4, 0.5) is 5.13 Å². The van der Waals surface area contributed by atoms with Gasteiger partial charge in [-0.1, -0.05) is 45.5 Å². The number of aryl methyl sites for hydroxylation is 2. The van der Waals surface area contributed by atoms with Crippen molar-refractivity contribution in [3.05, 3.63) is 63.6 Å². The van der Waals surface area contributed by atoms with E-state index in [-0.39, 0.29) is 5.91 Å². The Labute approximate surface area is 153 Å². The lowest BCUT2D eigenvalue weighted by Gasteiger charge is -2.13. The molecule has 0 saturated carbocycles. The van der Waals surface area contributed by atoms with Crippen molar-refractivity contribution in [2.75, 3.05) is 11.9 Å². The van der Waals surface area contributed by atoms with Crippen LogP contribution >= 0.6 is 27.3 Å². The van der Waals surface area contributed by atoms with Crippen molar-refractivity contribution in [2.45, 2.75) is 13.8 Å². The predicted octanol–water partition coefficient (Wildman–Crippen LogP) is 4.86. The van der Waals surface area contributed by atoms with Gasteiger partial charge in [-0.3, -0.25) is 9.69 Å². The number of aromatic nitrogens is 2. The van der Waals surface area contributed by atoms with Gasteiger partial charge in [0, 0.05) is 22.6 Å². The number of benzene rings is 2. The summed E-state index contributed by atoms with van der Waals surface area (Å²) in [7, 11) is 1.73. The molecule has 0 aliphatic heterocycles. The first-order chi connectivity index (χ1) is 11.5. The zero-order chi connectivity index (χ0) is 17.3. The first-order valence-electron chi connectivity index (χ1n) is 7.40. The summed E-state index contributed by atoms with van der Waals surface area (Å²) in [6.45, 7) is 4.03. The van der Waals surface area contributed by atoms with Gasteiger partial charge in [0.05, 0.1) is 0 Å². The number of rotatable bonds is 3. The molecule has 2 aromatic carbocycles. The van der Waals surface area contributed by atoms with Crippen LogP contribution in [0.5, 0.6) is 0 Å². The van der Waals surface area contributed by atoms with E-state index in [1.54, 1.807) is 11.9 Å². The fourth-order valence-electron chi connectivity index (χ4n) is 2.22. The zero-order valence-corrected chi connectivity index (χ0v) is 16.0. The third-order valence-electron chi connectivity index (χ3n) is 3.85. The van der Waals surface area contributed by atoms with E-state index in [9.17, 15) is 4.79 Å². The van der Waals surface area contributed by atoms with Gasteiger partial charge in [-0.25, -0.2) is 0 Å². The Kier molecular flexibility index (Phi) is 4.78. The Hall–Kier alpha value is -2.05. The Bertz CT molecular complexity index is 890. The molecule has 122 valence electrons. The molecule has 6 heteroatoms. The van der Waals surface area contributed by atoms with E-state index in [4.69, 9.17) is 0 Å². The summed E-state index contributed by atoms with van der Waals surface area (Å²) in [5, 5.41) is 9.74. The van der Waals surface area contributed by atoms with Gasteiger partial charge in [-0.2, -0.15) is 0 Å². The molecule has 0 unspecified atom stereocenters. The van der Waals surface area contributed by atoms with Crippen LogP contribution in [0.1, 0.15) is 21.5 Å². The van der Waals surface area contributed by atoms with E-state index < -0.39 is 0 Å². The van der Waals surface area contributed by atoms with Crippen molar-refractivity contribution in [1.29, 1.82) is 0 Å². The van der Waals surface area contributed by atoms with Crippen LogP contribution in [0, 0.1) is 13.8 Å². The lowest BCUT2D eigenvalue weighted by molar-refractivity contribution is 0.0992. The van der Waals surface area contributed by atoms with E-state index in [0.717, 1.165) is 20.6 Å². The molecule has 0 bridgehead atoms. The number of hydrogen-bond donors (Lipinski definition) is 0. The van der Waals surface area contributed by atoms with Crippen LogP contribution in [0.2, 0.25) is 0 Å². The molecule has 4 nitrogen and oxygen atoms in total. The van der Waals surface area contributed by atoms with Gasteiger partial charge in [0.15, 0.2) is 0 Å². The zero-order valence-electron chi connectivity index (χ0n) is 13.6. The van der Waals surface area contributed by atoms with Crippen molar-refractivity contribution in [3.8, 4) is 10.6 Å². The fraction of sp³-hybridized carbons (Fsp3) is 0.167. The first kappa shape index (κ1) is 16.8. The number of hydrogen-bond acceptors (Lipinski definition) is 4. The second-order valence-electron chi connectivity index (χ2n) is 5.56. The molecule has 3 aromatic rings. The van der Waals surface area contributed by atoms with E-state index in [0.29, 0.717) is 10.7 Å². The Morgan fingerprint density at radius 2 is 1.75 bits per heavy atom. The van der Waals surface area contributed by atoms with Gasteiger partial charge < -0.3 is 0 Å². The summed E-state index contributed by atoms with van der Waals surface area (Å²) < 4.78 is 1.01. The molecule has 0 radical (unpaired) electrons. The van der Waals surface area contributed by atoms with E-state index in [1.165, 1.54) is 16.9 Å². The molecule has 0 fully saturated rings. The van der Waals surface area contributed by atoms with Gasteiger partial charge in [0.1, 0.15) is 5.01 Å². The minimum atomic E-state index is -0.0865. The van der Waals surface area contributed by atoms with E-state index in [1.807, 2.05) is 56.3 Å². The number of halogens is 1. The molecule has 0 saturated heterocycles. The Morgan fingerprint density at radius 1 is 1.04 bits per heavy atom. The first-order valence-corrected chi connectivity index (χ1v) is 9.01. The van der Waals surface area contributed by atoms with Crippen LogP contribution < -0.4 is 4.90 Å². The second-order valence-corrected chi connectivity index (χ2v) is 7.43. The number of carbonyl (C=O) groups excluding carboxylic acids is 1.